The highest BCUT2D eigenvalue weighted by molar-refractivity contribution is 7.89. The Labute approximate surface area is 89.0 Å². The van der Waals surface area contributed by atoms with Gasteiger partial charge in [-0.2, -0.15) is 5.10 Å². The maximum atomic E-state index is 11.7. The van der Waals surface area contributed by atoms with Gasteiger partial charge in [-0.05, 0) is 12.5 Å². The van der Waals surface area contributed by atoms with Crippen molar-refractivity contribution in [2.45, 2.75) is 24.5 Å². The van der Waals surface area contributed by atoms with Gasteiger partial charge in [-0.1, -0.05) is 6.92 Å². The lowest BCUT2D eigenvalue weighted by Gasteiger charge is -2.09. The number of sulfonamides is 1. The molecule has 0 aliphatic carbocycles. The normalized spacial score (nSPS) is 14.1. The van der Waals surface area contributed by atoms with Gasteiger partial charge in [0.15, 0.2) is 5.03 Å². The Balaban J connectivity index is 2.73. The highest BCUT2D eigenvalue weighted by Crippen LogP contribution is 2.05. The number of hydrogen-bond donors (Lipinski definition) is 2. The average Bonchev–Trinajstić information content (AvgIpc) is 2.61. The monoisotopic (exact) mass is 233 g/mol. The fraction of sp³-hybridized carbons (Fsp3) is 0.625. The lowest BCUT2D eigenvalue weighted by Crippen LogP contribution is -2.32. The van der Waals surface area contributed by atoms with Crippen molar-refractivity contribution >= 4 is 10.0 Å². The molecule has 0 aliphatic rings. The Morgan fingerprint density at radius 1 is 1.67 bits per heavy atom. The van der Waals surface area contributed by atoms with Crippen molar-refractivity contribution < 1.29 is 13.5 Å². The molecule has 1 unspecified atom stereocenters. The molecule has 7 heteroatoms. The fourth-order valence-corrected chi connectivity index (χ4v) is 2.24. The lowest BCUT2D eigenvalue weighted by atomic mass is 10.3. The average molecular weight is 233 g/mol. The molecule has 1 atom stereocenters. The molecule has 0 spiro atoms. The van der Waals surface area contributed by atoms with E-state index in [1.165, 1.54) is 16.9 Å². The molecule has 2 N–H and O–H groups in total. The molecule has 0 aliphatic heterocycles. The summed E-state index contributed by atoms with van der Waals surface area (Å²) in [5, 5.41) is 13.1. The molecule has 1 aromatic heterocycles. The van der Waals surface area contributed by atoms with Crippen LogP contribution in [0.2, 0.25) is 0 Å². The fourth-order valence-electron chi connectivity index (χ4n) is 1.05. The maximum absolute atomic E-state index is 11.7. The van der Waals surface area contributed by atoms with E-state index in [0.29, 0.717) is 6.42 Å². The Morgan fingerprint density at radius 2 is 2.33 bits per heavy atom. The minimum atomic E-state index is -3.56. The van der Waals surface area contributed by atoms with Gasteiger partial charge in [0.25, 0.3) is 10.0 Å². The molecule has 1 aromatic rings. The van der Waals surface area contributed by atoms with Crippen LogP contribution in [0.15, 0.2) is 17.3 Å². The van der Waals surface area contributed by atoms with Crippen LogP contribution in [-0.4, -0.2) is 36.0 Å². The zero-order valence-corrected chi connectivity index (χ0v) is 9.53. The van der Waals surface area contributed by atoms with Gasteiger partial charge in [0.2, 0.25) is 0 Å². The molecular formula is C8H15N3O3S. The summed E-state index contributed by atoms with van der Waals surface area (Å²) in [5.41, 5.74) is 0. The van der Waals surface area contributed by atoms with E-state index in [1.807, 2.05) is 0 Å². The van der Waals surface area contributed by atoms with Crippen molar-refractivity contribution in [2.24, 2.45) is 7.05 Å². The van der Waals surface area contributed by atoms with E-state index in [2.05, 4.69) is 9.82 Å². The highest BCUT2D eigenvalue weighted by atomic mass is 32.2. The van der Waals surface area contributed by atoms with Gasteiger partial charge >= 0.3 is 0 Å². The van der Waals surface area contributed by atoms with Crippen molar-refractivity contribution in [1.82, 2.24) is 14.5 Å². The standard InChI is InChI=1S/C8H15N3O3S/c1-3-7(12)6-10-15(13,14)8-4-5-9-11(8)2/h4-5,7,10,12H,3,6H2,1-2H3. The van der Waals surface area contributed by atoms with Crippen LogP contribution in [0.3, 0.4) is 0 Å². The summed E-state index contributed by atoms with van der Waals surface area (Å²) >= 11 is 0. The Morgan fingerprint density at radius 3 is 2.80 bits per heavy atom. The van der Waals surface area contributed by atoms with Crippen LogP contribution in [0.25, 0.3) is 0 Å². The van der Waals surface area contributed by atoms with Crippen molar-refractivity contribution in [3.8, 4) is 0 Å². The molecule has 0 aromatic carbocycles. The van der Waals surface area contributed by atoms with Crippen LogP contribution in [0.5, 0.6) is 0 Å². The predicted octanol–water partition coefficient (Wildman–Crippen LogP) is -0.531. The number of rotatable bonds is 5. The molecule has 0 amide bonds. The van der Waals surface area contributed by atoms with Gasteiger partial charge < -0.3 is 5.11 Å². The summed E-state index contributed by atoms with van der Waals surface area (Å²) in [7, 11) is -2.02. The smallest absolute Gasteiger partial charge is 0.257 e. The lowest BCUT2D eigenvalue weighted by molar-refractivity contribution is 0.174. The third kappa shape index (κ3) is 3.01. The first kappa shape index (κ1) is 12.2. The van der Waals surface area contributed by atoms with Crippen molar-refractivity contribution in [1.29, 1.82) is 0 Å². The van der Waals surface area contributed by atoms with Crippen LogP contribution in [-0.2, 0) is 17.1 Å². The molecule has 15 heavy (non-hydrogen) atoms. The van der Waals surface area contributed by atoms with Crippen LogP contribution >= 0.6 is 0 Å². The number of aliphatic hydroxyl groups excluding tert-OH is 1. The van der Waals surface area contributed by atoms with Gasteiger partial charge in [-0.25, -0.2) is 13.1 Å². The van der Waals surface area contributed by atoms with Crippen LogP contribution in [0, 0.1) is 0 Å². The van der Waals surface area contributed by atoms with E-state index in [4.69, 9.17) is 0 Å². The van der Waals surface area contributed by atoms with Gasteiger partial charge in [-0.15, -0.1) is 0 Å². The first-order chi connectivity index (χ1) is 6.97. The van der Waals surface area contributed by atoms with E-state index >= 15 is 0 Å². The second kappa shape index (κ2) is 4.73. The molecule has 0 fully saturated rings. The number of aromatic nitrogens is 2. The van der Waals surface area contributed by atoms with Gasteiger partial charge in [0, 0.05) is 13.6 Å². The third-order valence-corrected chi connectivity index (χ3v) is 3.53. The number of aryl methyl sites for hydroxylation is 1. The minimum Gasteiger partial charge on any atom is -0.392 e. The summed E-state index contributed by atoms with van der Waals surface area (Å²) in [4.78, 5) is 0. The number of aliphatic hydroxyl groups is 1. The van der Waals surface area contributed by atoms with E-state index in [9.17, 15) is 13.5 Å². The van der Waals surface area contributed by atoms with E-state index in [0.717, 1.165) is 0 Å². The zero-order valence-electron chi connectivity index (χ0n) is 8.71. The Bertz CT molecular complexity index is 413. The molecule has 6 nitrogen and oxygen atoms in total. The molecule has 1 rings (SSSR count). The zero-order chi connectivity index (χ0) is 11.5. The van der Waals surface area contributed by atoms with Crippen LogP contribution < -0.4 is 4.72 Å². The molecule has 86 valence electrons. The summed E-state index contributed by atoms with van der Waals surface area (Å²) in [6.45, 7) is 1.80. The largest absolute Gasteiger partial charge is 0.392 e. The van der Waals surface area contributed by atoms with Gasteiger partial charge in [0.05, 0.1) is 12.3 Å². The van der Waals surface area contributed by atoms with Gasteiger partial charge in [-0.3, -0.25) is 4.68 Å². The summed E-state index contributed by atoms with van der Waals surface area (Å²) < 4.78 is 26.9. The minimum absolute atomic E-state index is 0.0179. The van der Waals surface area contributed by atoms with Crippen molar-refractivity contribution in [3.63, 3.8) is 0 Å². The number of nitrogens with one attached hydrogen (secondary N) is 1. The summed E-state index contributed by atoms with van der Waals surface area (Å²) in [5.74, 6) is 0. The number of nitrogens with zero attached hydrogens (tertiary/aromatic N) is 2. The third-order valence-electron chi connectivity index (χ3n) is 2.03. The molecule has 0 radical (unpaired) electrons. The molecule has 1 heterocycles. The molecule has 0 bridgehead atoms. The SMILES string of the molecule is CCC(O)CNS(=O)(=O)c1ccnn1C. The van der Waals surface area contributed by atoms with E-state index in [1.54, 1.807) is 14.0 Å². The highest BCUT2D eigenvalue weighted by Gasteiger charge is 2.18. The first-order valence-electron chi connectivity index (χ1n) is 4.63. The van der Waals surface area contributed by atoms with E-state index in [-0.39, 0.29) is 11.6 Å². The maximum Gasteiger partial charge on any atom is 0.257 e. The van der Waals surface area contributed by atoms with Crippen LogP contribution in [0.4, 0.5) is 0 Å². The molecular weight excluding hydrogens is 218 g/mol. The summed E-state index contributed by atoms with van der Waals surface area (Å²) in [6, 6.07) is 1.40. The second-order valence-corrected chi connectivity index (χ2v) is 4.92. The van der Waals surface area contributed by atoms with Crippen LogP contribution in [0.1, 0.15) is 13.3 Å². The first-order valence-corrected chi connectivity index (χ1v) is 6.11. The Hall–Kier alpha value is -0.920. The van der Waals surface area contributed by atoms with E-state index < -0.39 is 16.1 Å². The molecule has 0 saturated carbocycles. The Kier molecular flexibility index (Phi) is 3.83. The van der Waals surface area contributed by atoms with Gasteiger partial charge in [0.1, 0.15) is 0 Å². The molecule has 0 saturated heterocycles. The number of hydrogen-bond acceptors (Lipinski definition) is 4. The van der Waals surface area contributed by atoms with Crippen molar-refractivity contribution in [3.05, 3.63) is 12.3 Å². The predicted molar refractivity (Wildman–Crippen MR) is 54.7 cm³/mol. The topological polar surface area (TPSA) is 84.2 Å². The quantitative estimate of drug-likeness (QED) is 0.716. The summed E-state index contributed by atoms with van der Waals surface area (Å²) in [6.07, 6.45) is 1.26. The van der Waals surface area contributed by atoms with Crippen molar-refractivity contribution in [2.75, 3.05) is 6.54 Å². The second-order valence-electron chi connectivity index (χ2n) is 3.21.